The summed E-state index contributed by atoms with van der Waals surface area (Å²) in [7, 11) is 0. The van der Waals surface area contributed by atoms with E-state index in [2.05, 4.69) is 24.2 Å². The van der Waals surface area contributed by atoms with Gasteiger partial charge in [0.2, 0.25) is 5.91 Å². The number of hydrogen-bond acceptors (Lipinski definition) is 5. The molecule has 142 valence electrons. The number of rotatable bonds is 13. The zero-order chi connectivity index (χ0) is 18.5. The SMILES string of the molecule is CCOC(OCC)[C@H](CC(C)C)NC(=O)[C@@H](N)CCCN=C(N)N. The van der Waals surface area contributed by atoms with E-state index >= 15 is 0 Å². The van der Waals surface area contributed by atoms with E-state index in [0.717, 1.165) is 6.42 Å². The number of nitrogens with two attached hydrogens (primary N) is 3. The van der Waals surface area contributed by atoms with Gasteiger partial charge in [0, 0.05) is 19.8 Å². The Hall–Kier alpha value is -1.38. The number of nitrogens with zero attached hydrogens (tertiary/aromatic N) is 1. The Morgan fingerprint density at radius 2 is 1.75 bits per heavy atom. The van der Waals surface area contributed by atoms with Crippen molar-refractivity contribution in [3.8, 4) is 0 Å². The summed E-state index contributed by atoms with van der Waals surface area (Å²) in [5, 5.41) is 2.97. The van der Waals surface area contributed by atoms with E-state index in [1.807, 2.05) is 13.8 Å². The highest BCUT2D eigenvalue weighted by molar-refractivity contribution is 5.81. The van der Waals surface area contributed by atoms with Crippen LogP contribution < -0.4 is 22.5 Å². The molecule has 0 aliphatic carbocycles. The first-order valence-electron chi connectivity index (χ1n) is 8.66. The van der Waals surface area contributed by atoms with Gasteiger partial charge in [-0.05, 0) is 39.0 Å². The maximum atomic E-state index is 12.3. The third kappa shape index (κ3) is 10.4. The molecule has 0 aromatic heterocycles. The number of carbonyl (C=O) groups is 1. The minimum Gasteiger partial charge on any atom is -0.370 e. The van der Waals surface area contributed by atoms with Crippen LogP contribution in [0, 0.1) is 5.92 Å². The predicted octanol–water partition coefficient (Wildman–Crippen LogP) is 0.297. The van der Waals surface area contributed by atoms with Gasteiger partial charge in [0.25, 0.3) is 0 Å². The molecular formula is C16H35N5O3. The van der Waals surface area contributed by atoms with Crippen LogP contribution in [0.25, 0.3) is 0 Å². The van der Waals surface area contributed by atoms with Crippen LogP contribution in [0.2, 0.25) is 0 Å². The van der Waals surface area contributed by atoms with Crippen LogP contribution >= 0.6 is 0 Å². The molecule has 2 atom stereocenters. The molecule has 0 aromatic carbocycles. The lowest BCUT2D eigenvalue weighted by molar-refractivity contribution is -0.161. The summed E-state index contributed by atoms with van der Waals surface area (Å²) in [5.41, 5.74) is 16.5. The average molecular weight is 345 g/mol. The average Bonchev–Trinajstić information content (AvgIpc) is 2.49. The Balaban J connectivity index is 4.62. The van der Waals surface area contributed by atoms with Gasteiger partial charge in [0.05, 0.1) is 12.1 Å². The van der Waals surface area contributed by atoms with E-state index in [1.165, 1.54) is 0 Å². The third-order valence-electron chi connectivity index (χ3n) is 3.35. The van der Waals surface area contributed by atoms with Gasteiger partial charge in [0.15, 0.2) is 12.2 Å². The van der Waals surface area contributed by atoms with Crippen molar-refractivity contribution in [1.82, 2.24) is 5.32 Å². The zero-order valence-electron chi connectivity index (χ0n) is 15.5. The van der Waals surface area contributed by atoms with Gasteiger partial charge in [-0.25, -0.2) is 0 Å². The van der Waals surface area contributed by atoms with Crippen LogP contribution in [0.4, 0.5) is 0 Å². The fourth-order valence-corrected chi connectivity index (χ4v) is 2.30. The molecule has 0 fully saturated rings. The molecule has 1 amide bonds. The Labute approximate surface area is 145 Å². The molecule has 0 saturated heterocycles. The molecule has 0 bridgehead atoms. The highest BCUT2D eigenvalue weighted by atomic mass is 16.7. The van der Waals surface area contributed by atoms with Gasteiger partial charge in [-0.1, -0.05) is 13.8 Å². The highest BCUT2D eigenvalue weighted by Crippen LogP contribution is 2.13. The molecule has 0 heterocycles. The van der Waals surface area contributed by atoms with E-state index in [-0.39, 0.29) is 17.9 Å². The van der Waals surface area contributed by atoms with Gasteiger partial charge in [0.1, 0.15) is 0 Å². The molecule has 0 rings (SSSR count). The first kappa shape index (κ1) is 22.6. The van der Waals surface area contributed by atoms with E-state index in [1.54, 1.807) is 0 Å². The van der Waals surface area contributed by atoms with Crippen molar-refractivity contribution >= 4 is 11.9 Å². The topological polar surface area (TPSA) is 138 Å². The molecule has 8 heteroatoms. The number of hydrogen-bond donors (Lipinski definition) is 4. The van der Waals surface area contributed by atoms with Gasteiger partial charge in [-0.3, -0.25) is 9.79 Å². The minimum absolute atomic E-state index is 0.0429. The summed E-state index contributed by atoms with van der Waals surface area (Å²) in [6, 6.07) is -0.848. The van der Waals surface area contributed by atoms with Crippen LogP contribution in [-0.2, 0) is 14.3 Å². The van der Waals surface area contributed by atoms with Gasteiger partial charge >= 0.3 is 0 Å². The summed E-state index contributed by atoms with van der Waals surface area (Å²) in [5.74, 6) is 0.216. The van der Waals surface area contributed by atoms with E-state index in [4.69, 9.17) is 26.7 Å². The number of aliphatic imine (C=N–C) groups is 1. The van der Waals surface area contributed by atoms with Gasteiger partial charge < -0.3 is 32.0 Å². The molecule has 0 aromatic rings. The minimum atomic E-state index is -0.613. The van der Waals surface area contributed by atoms with Crippen molar-refractivity contribution in [1.29, 1.82) is 0 Å². The quantitative estimate of drug-likeness (QED) is 0.164. The number of guanidine groups is 1. The lowest BCUT2D eigenvalue weighted by Crippen LogP contribution is -2.51. The number of amides is 1. The Kier molecular flexibility index (Phi) is 12.2. The summed E-state index contributed by atoms with van der Waals surface area (Å²) in [6.45, 7) is 9.45. The first-order valence-corrected chi connectivity index (χ1v) is 8.66. The van der Waals surface area contributed by atoms with Crippen LogP contribution in [0.15, 0.2) is 4.99 Å². The normalized spacial score (nSPS) is 13.8. The molecule has 0 aliphatic rings. The summed E-state index contributed by atoms with van der Waals surface area (Å²) in [4.78, 5) is 16.2. The van der Waals surface area contributed by atoms with E-state index in [0.29, 0.717) is 38.5 Å². The Bertz CT molecular complexity index is 367. The molecule has 24 heavy (non-hydrogen) atoms. The van der Waals surface area contributed by atoms with Crippen molar-refractivity contribution in [2.24, 2.45) is 28.1 Å². The largest absolute Gasteiger partial charge is 0.370 e. The molecule has 0 saturated carbocycles. The van der Waals surface area contributed by atoms with Gasteiger partial charge in [-0.2, -0.15) is 0 Å². The second-order valence-electron chi connectivity index (χ2n) is 6.08. The zero-order valence-corrected chi connectivity index (χ0v) is 15.5. The van der Waals surface area contributed by atoms with Crippen LogP contribution in [0.1, 0.15) is 47.0 Å². The summed E-state index contributed by atoms with van der Waals surface area (Å²) in [6.07, 6.45) is 1.42. The highest BCUT2D eigenvalue weighted by Gasteiger charge is 2.27. The van der Waals surface area contributed by atoms with Crippen molar-refractivity contribution < 1.29 is 14.3 Å². The number of ether oxygens (including phenoxy) is 2. The molecule has 0 radical (unpaired) electrons. The molecule has 7 N–H and O–H groups in total. The first-order chi connectivity index (χ1) is 11.3. The maximum absolute atomic E-state index is 12.3. The fourth-order valence-electron chi connectivity index (χ4n) is 2.30. The maximum Gasteiger partial charge on any atom is 0.237 e. The molecule has 8 nitrogen and oxygen atoms in total. The molecular weight excluding hydrogens is 310 g/mol. The second-order valence-corrected chi connectivity index (χ2v) is 6.08. The van der Waals surface area contributed by atoms with Crippen molar-refractivity contribution in [2.45, 2.75) is 65.3 Å². The third-order valence-corrected chi connectivity index (χ3v) is 3.35. The van der Waals surface area contributed by atoms with Crippen molar-refractivity contribution in [2.75, 3.05) is 19.8 Å². The van der Waals surface area contributed by atoms with Crippen LogP contribution in [0.5, 0.6) is 0 Å². The Morgan fingerprint density at radius 3 is 2.21 bits per heavy atom. The summed E-state index contributed by atoms with van der Waals surface area (Å²) >= 11 is 0. The second kappa shape index (κ2) is 13.0. The fraction of sp³-hybridized carbons (Fsp3) is 0.875. The van der Waals surface area contributed by atoms with Crippen molar-refractivity contribution in [3.05, 3.63) is 0 Å². The predicted molar refractivity (Wildman–Crippen MR) is 96.3 cm³/mol. The summed E-state index contributed by atoms with van der Waals surface area (Å²) < 4.78 is 11.3. The lowest BCUT2D eigenvalue weighted by Gasteiger charge is -2.29. The standard InChI is InChI=1S/C16H35N5O3/c1-5-23-15(24-6-2)13(10-11(3)4)21-14(22)12(17)8-7-9-20-16(18)19/h11-13,15H,5-10,17H2,1-4H3,(H,21,22)(H4,18,19,20)/t12-,13-/m0/s1. The van der Waals surface area contributed by atoms with Crippen molar-refractivity contribution in [3.63, 3.8) is 0 Å². The Morgan fingerprint density at radius 1 is 1.17 bits per heavy atom. The molecule has 0 spiro atoms. The number of carbonyl (C=O) groups excluding carboxylic acids is 1. The molecule has 0 unspecified atom stereocenters. The molecule has 0 aliphatic heterocycles. The lowest BCUT2D eigenvalue weighted by atomic mass is 10.0. The number of nitrogens with one attached hydrogen (secondary N) is 1. The van der Waals surface area contributed by atoms with Gasteiger partial charge in [-0.15, -0.1) is 0 Å². The van der Waals surface area contributed by atoms with Crippen LogP contribution in [-0.4, -0.2) is 50.0 Å². The van der Waals surface area contributed by atoms with E-state index in [9.17, 15) is 4.79 Å². The van der Waals surface area contributed by atoms with E-state index < -0.39 is 12.3 Å². The monoisotopic (exact) mass is 345 g/mol. The van der Waals surface area contributed by atoms with Crippen LogP contribution in [0.3, 0.4) is 0 Å². The smallest absolute Gasteiger partial charge is 0.237 e.